The highest BCUT2D eigenvalue weighted by molar-refractivity contribution is 5.78. The summed E-state index contributed by atoms with van der Waals surface area (Å²) in [5.74, 6) is 0.0631. The summed E-state index contributed by atoms with van der Waals surface area (Å²) < 4.78 is 18.7. The number of nitrogens with zero attached hydrogens (tertiary/aromatic N) is 2. The molecule has 1 aromatic rings. The van der Waals surface area contributed by atoms with E-state index >= 15 is 0 Å². The van der Waals surface area contributed by atoms with Gasteiger partial charge in [-0.05, 0) is 30.5 Å². The van der Waals surface area contributed by atoms with Crippen LogP contribution in [-0.2, 0) is 11.3 Å². The molecule has 0 spiro atoms. The second kappa shape index (κ2) is 9.73. The molecule has 0 radical (unpaired) electrons. The van der Waals surface area contributed by atoms with E-state index in [-0.39, 0.29) is 23.5 Å². The first-order chi connectivity index (χ1) is 12.0. The molecule has 0 aromatic heterocycles. The van der Waals surface area contributed by atoms with Crippen LogP contribution >= 0.6 is 0 Å². The Labute approximate surface area is 150 Å². The third kappa shape index (κ3) is 5.97. The smallest absolute Gasteiger partial charge is 0.234 e. The van der Waals surface area contributed by atoms with Crippen LogP contribution in [0, 0.1) is 5.82 Å². The van der Waals surface area contributed by atoms with Gasteiger partial charge in [0.05, 0.1) is 13.7 Å². The van der Waals surface area contributed by atoms with E-state index in [9.17, 15) is 9.18 Å². The Hall–Kier alpha value is -1.66. The standard InChI is InChI=1S/C19H30FN3O2/c1-4-16(5-2)21-19(24)14-23-10-8-22(9-11-23)13-15-6-7-18(25-3)17(20)12-15/h6-7,12,16H,4-5,8-11,13-14H2,1-3H3,(H,21,24). The lowest BCUT2D eigenvalue weighted by Crippen LogP contribution is -2.50. The molecule has 1 aliphatic rings. The average Bonchev–Trinajstić information content (AvgIpc) is 2.61. The number of methoxy groups -OCH3 is 1. The third-order valence-electron chi connectivity index (χ3n) is 4.81. The molecule has 5 nitrogen and oxygen atoms in total. The predicted octanol–water partition coefficient (Wildman–Crippen LogP) is 2.26. The molecule has 1 aromatic carbocycles. The van der Waals surface area contributed by atoms with E-state index in [1.807, 2.05) is 6.07 Å². The Morgan fingerprint density at radius 3 is 2.40 bits per heavy atom. The Balaban J connectivity index is 1.76. The molecular weight excluding hydrogens is 321 g/mol. The zero-order valence-electron chi connectivity index (χ0n) is 15.6. The molecule has 140 valence electrons. The van der Waals surface area contributed by atoms with Gasteiger partial charge in [0.2, 0.25) is 5.91 Å². The number of nitrogens with one attached hydrogen (secondary N) is 1. The highest BCUT2D eigenvalue weighted by Crippen LogP contribution is 2.19. The maximum absolute atomic E-state index is 13.8. The number of carbonyl (C=O) groups excluding carboxylic acids is 1. The maximum atomic E-state index is 13.8. The highest BCUT2D eigenvalue weighted by atomic mass is 19.1. The van der Waals surface area contributed by atoms with E-state index in [4.69, 9.17) is 4.74 Å². The average molecular weight is 351 g/mol. The van der Waals surface area contributed by atoms with E-state index in [0.29, 0.717) is 13.1 Å². The molecule has 1 amide bonds. The lowest BCUT2D eigenvalue weighted by Gasteiger charge is -2.34. The number of amides is 1. The summed E-state index contributed by atoms with van der Waals surface area (Å²) in [4.78, 5) is 16.6. The number of rotatable bonds is 8. The first-order valence-electron chi connectivity index (χ1n) is 9.12. The maximum Gasteiger partial charge on any atom is 0.234 e. The van der Waals surface area contributed by atoms with Gasteiger partial charge in [-0.3, -0.25) is 14.6 Å². The number of carbonyl (C=O) groups is 1. The number of benzene rings is 1. The van der Waals surface area contributed by atoms with Crippen molar-refractivity contribution in [2.45, 2.75) is 39.3 Å². The molecule has 1 aliphatic heterocycles. The van der Waals surface area contributed by atoms with Crippen LogP contribution in [0.25, 0.3) is 0 Å². The van der Waals surface area contributed by atoms with Gasteiger partial charge in [0, 0.05) is 38.8 Å². The minimum Gasteiger partial charge on any atom is -0.494 e. The van der Waals surface area contributed by atoms with E-state index in [1.54, 1.807) is 6.07 Å². The van der Waals surface area contributed by atoms with Crippen LogP contribution in [0.15, 0.2) is 18.2 Å². The zero-order valence-corrected chi connectivity index (χ0v) is 15.6. The minimum atomic E-state index is -0.322. The Morgan fingerprint density at radius 2 is 1.84 bits per heavy atom. The molecule has 25 heavy (non-hydrogen) atoms. The molecule has 1 fully saturated rings. The number of halogens is 1. The quantitative estimate of drug-likeness (QED) is 0.780. The van der Waals surface area contributed by atoms with Crippen LogP contribution in [0.1, 0.15) is 32.3 Å². The summed E-state index contributed by atoms with van der Waals surface area (Å²) in [6.45, 7) is 8.84. The number of piperazine rings is 1. The van der Waals surface area contributed by atoms with Gasteiger partial charge in [-0.1, -0.05) is 19.9 Å². The van der Waals surface area contributed by atoms with E-state index in [0.717, 1.165) is 44.6 Å². The summed E-state index contributed by atoms with van der Waals surface area (Å²) in [6, 6.07) is 5.38. The van der Waals surface area contributed by atoms with Crippen LogP contribution in [0.5, 0.6) is 5.75 Å². The monoisotopic (exact) mass is 351 g/mol. The first-order valence-corrected chi connectivity index (χ1v) is 9.12. The lowest BCUT2D eigenvalue weighted by atomic mass is 10.1. The molecule has 6 heteroatoms. The van der Waals surface area contributed by atoms with E-state index < -0.39 is 0 Å². The summed E-state index contributed by atoms with van der Waals surface area (Å²) >= 11 is 0. The SMILES string of the molecule is CCC(CC)NC(=O)CN1CCN(Cc2ccc(OC)c(F)c2)CC1. The molecule has 0 bridgehead atoms. The van der Waals surface area contributed by atoms with Crippen molar-refractivity contribution in [3.8, 4) is 5.75 Å². The van der Waals surface area contributed by atoms with Gasteiger partial charge < -0.3 is 10.1 Å². The number of hydrogen-bond acceptors (Lipinski definition) is 4. The molecule has 2 rings (SSSR count). The Kier molecular flexibility index (Phi) is 7.65. The fraction of sp³-hybridized carbons (Fsp3) is 0.632. The van der Waals surface area contributed by atoms with Crippen molar-refractivity contribution in [3.05, 3.63) is 29.6 Å². The topological polar surface area (TPSA) is 44.8 Å². The molecule has 0 aliphatic carbocycles. The van der Waals surface area contributed by atoms with Gasteiger partial charge >= 0.3 is 0 Å². The summed E-state index contributed by atoms with van der Waals surface area (Å²) in [5.41, 5.74) is 0.943. The van der Waals surface area contributed by atoms with Crippen molar-refractivity contribution in [2.75, 3.05) is 39.8 Å². The molecule has 0 unspecified atom stereocenters. The van der Waals surface area contributed by atoms with Gasteiger partial charge in [0.25, 0.3) is 0 Å². The van der Waals surface area contributed by atoms with Crippen LogP contribution < -0.4 is 10.1 Å². The van der Waals surface area contributed by atoms with Crippen molar-refractivity contribution in [1.29, 1.82) is 0 Å². The van der Waals surface area contributed by atoms with Crippen LogP contribution in [0.3, 0.4) is 0 Å². The number of ether oxygens (including phenoxy) is 1. The van der Waals surface area contributed by atoms with Crippen molar-refractivity contribution >= 4 is 5.91 Å². The van der Waals surface area contributed by atoms with Gasteiger partial charge in [-0.2, -0.15) is 0 Å². The summed E-state index contributed by atoms with van der Waals surface area (Å²) in [5, 5.41) is 3.08. The summed E-state index contributed by atoms with van der Waals surface area (Å²) in [7, 11) is 1.47. The third-order valence-corrected chi connectivity index (χ3v) is 4.81. The Bertz CT molecular complexity index is 556. The predicted molar refractivity (Wildman–Crippen MR) is 97.2 cm³/mol. The summed E-state index contributed by atoms with van der Waals surface area (Å²) in [6.07, 6.45) is 1.93. The van der Waals surface area contributed by atoms with E-state index in [1.165, 1.54) is 13.2 Å². The van der Waals surface area contributed by atoms with Gasteiger partial charge in [-0.15, -0.1) is 0 Å². The lowest BCUT2D eigenvalue weighted by molar-refractivity contribution is -0.123. The van der Waals surface area contributed by atoms with Crippen molar-refractivity contribution in [3.63, 3.8) is 0 Å². The second-order valence-corrected chi connectivity index (χ2v) is 6.60. The minimum absolute atomic E-state index is 0.111. The molecular formula is C19H30FN3O2. The Morgan fingerprint density at radius 1 is 1.20 bits per heavy atom. The first kappa shape index (κ1) is 19.7. The van der Waals surface area contributed by atoms with Crippen molar-refractivity contribution in [2.24, 2.45) is 0 Å². The van der Waals surface area contributed by atoms with Crippen molar-refractivity contribution in [1.82, 2.24) is 15.1 Å². The van der Waals surface area contributed by atoms with Crippen LogP contribution in [0.4, 0.5) is 4.39 Å². The second-order valence-electron chi connectivity index (χ2n) is 6.60. The van der Waals surface area contributed by atoms with Crippen molar-refractivity contribution < 1.29 is 13.9 Å². The zero-order chi connectivity index (χ0) is 18.2. The van der Waals surface area contributed by atoms with Crippen LogP contribution in [-0.4, -0.2) is 61.6 Å². The molecule has 0 saturated carbocycles. The van der Waals surface area contributed by atoms with E-state index in [2.05, 4.69) is 29.0 Å². The normalized spacial score (nSPS) is 16.2. The van der Waals surface area contributed by atoms with Gasteiger partial charge in [0.15, 0.2) is 11.6 Å². The molecule has 0 atom stereocenters. The largest absolute Gasteiger partial charge is 0.494 e. The fourth-order valence-corrected chi connectivity index (χ4v) is 3.14. The van der Waals surface area contributed by atoms with Crippen LogP contribution in [0.2, 0.25) is 0 Å². The van der Waals surface area contributed by atoms with Gasteiger partial charge in [0.1, 0.15) is 0 Å². The molecule has 1 heterocycles. The van der Waals surface area contributed by atoms with Gasteiger partial charge in [-0.25, -0.2) is 4.39 Å². The molecule has 1 saturated heterocycles. The fourth-order valence-electron chi connectivity index (χ4n) is 3.14. The highest BCUT2D eigenvalue weighted by Gasteiger charge is 2.20. The molecule has 1 N–H and O–H groups in total. The number of hydrogen-bond donors (Lipinski definition) is 1.